The Labute approximate surface area is 210 Å². The first-order valence-electron chi connectivity index (χ1n) is 11.3. The molecule has 9 heteroatoms. The lowest BCUT2D eigenvalue weighted by Gasteiger charge is -2.25. The highest BCUT2D eigenvalue weighted by atomic mass is 16.6. The summed E-state index contributed by atoms with van der Waals surface area (Å²) in [5, 5.41) is 9.16. The Kier molecular flexibility index (Phi) is 9.16. The van der Waals surface area contributed by atoms with E-state index in [-0.39, 0.29) is 19.0 Å². The molecule has 0 bridgehead atoms. The Morgan fingerprint density at radius 2 is 1.50 bits per heavy atom. The number of anilines is 3. The number of hydrogen-bond donors (Lipinski definition) is 2. The van der Waals surface area contributed by atoms with Crippen LogP contribution in [0.2, 0.25) is 0 Å². The Morgan fingerprint density at radius 1 is 0.861 bits per heavy atom. The molecule has 0 heterocycles. The topological polar surface area (TPSA) is 103 Å². The predicted octanol–water partition coefficient (Wildman–Crippen LogP) is 3.87. The van der Waals surface area contributed by atoms with Gasteiger partial charge in [0.15, 0.2) is 0 Å². The molecule has 0 aliphatic heterocycles. The molecule has 36 heavy (non-hydrogen) atoms. The molecule has 3 rings (SSSR count). The number of hydrogen-bond acceptors (Lipinski definition) is 5. The number of nitrogens with zero attached hydrogens (tertiary/aromatic N) is 3. The van der Waals surface area contributed by atoms with Crippen LogP contribution in [-0.4, -0.2) is 50.8 Å². The summed E-state index contributed by atoms with van der Waals surface area (Å²) in [7, 11) is 3.12. The summed E-state index contributed by atoms with van der Waals surface area (Å²) < 4.78 is 0. The summed E-state index contributed by atoms with van der Waals surface area (Å²) in [5.74, 6) is -0.698. The summed E-state index contributed by atoms with van der Waals surface area (Å²) in [5.41, 5.74) is 3.23. The van der Waals surface area contributed by atoms with Crippen LogP contribution >= 0.6 is 0 Å². The molecule has 0 fully saturated rings. The van der Waals surface area contributed by atoms with Gasteiger partial charge in [-0.1, -0.05) is 53.7 Å². The van der Waals surface area contributed by atoms with Crippen LogP contribution in [0.3, 0.4) is 0 Å². The SMILES string of the molecule is CO/N=C(\C)c1cccc(NC(=O)NCC(=O)N(CC(=O)N(C)c2ccccc2)c2ccccc2)c1. The number of likely N-dealkylation sites (N-methyl/N-ethyl adjacent to an activating group) is 1. The molecular formula is C27H29N5O4. The van der Waals surface area contributed by atoms with Crippen molar-refractivity contribution in [2.75, 3.05) is 42.4 Å². The predicted molar refractivity (Wildman–Crippen MR) is 141 cm³/mol. The van der Waals surface area contributed by atoms with E-state index in [4.69, 9.17) is 4.84 Å². The molecule has 186 valence electrons. The van der Waals surface area contributed by atoms with Gasteiger partial charge in [0, 0.05) is 29.7 Å². The largest absolute Gasteiger partial charge is 0.399 e. The Bertz CT molecular complexity index is 1220. The zero-order chi connectivity index (χ0) is 25.9. The molecule has 0 aromatic heterocycles. The van der Waals surface area contributed by atoms with Crippen molar-refractivity contribution in [3.63, 3.8) is 0 Å². The second kappa shape index (κ2) is 12.7. The molecule has 0 saturated carbocycles. The Hall–Kier alpha value is -4.66. The third-order valence-corrected chi connectivity index (χ3v) is 5.35. The Balaban J connectivity index is 1.65. The first kappa shape index (κ1) is 26.0. The summed E-state index contributed by atoms with van der Waals surface area (Å²) in [6, 6.07) is 24.6. The van der Waals surface area contributed by atoms with Gasteiger partial charge in [-0.15, -0.1) is 0 Å². The number of nitrogens with one attached hydrogen (secondary N) is 2. The minimum Gasteiger partial charge on any atom is -0.399 e. The van der Waals surface area contributed by atoms with E-state index in [0.717, 1.165) is 5.56 Å². The molecule has 0 aliphatic carbocycles. The number of oxime groups is 1. The number of para-hydroxylation sites is 2. The first-order chi connectivity index (χ1) is 17.4. The number of amides is 4. The fourth-order valence-electron chi connectivity index (χ4n) is 3.41. The van der Waals surface area contributed by atoms with Crippen LogP contribution in [0.5, 0.6) is 0 Å². The quantitative estimate of drug-likeness (QED) is 0.353. The minimum atomic E-state index is -0.553. The molecule has 0 unspecified atom stereocenters. The average Bonchev–Trinajstić information content (AvgIpc) is 2.91. The van der Waals surface area contributed by atoms with Crippen LogP contribution in [0.15, 0.2) is 90.1 Å². The molecule has 4 amide bonds. The van der Waals surface area contributed by atoms with Crippen LogP contribution in [0.1, 0.15) is 12.5 Å². The molecule has 0 saturated heterocycles. The third-order valence-electron chi connectivity index (χ3n) is 5.35. The average molecular weight is 488 g/mol. The normalized spacial score (nSPS) is 10.8. The highest BCUT2D eigenvalue weighted by Gasteiger charge is 2.22. The van der Waals surface area contributed by atoms with Gasteiger partial charge in [-0.3, -0.25) is 9.59 Å². The van der Waals surface area contributed by atoms with E-state index < -0.39 is 11.9 Å². The molecular weight excluding hydrogens is 458 g/mol. The van der Waals surface area contributed by atoms with Crippen molar-refractivity contribution in [2.45, 2.75) is 6.92 Å². The summed E-state index contributed by atoms with van der Waals surface area (Å²) in [6.45, 7) is 1.31. The van der Waals surface area contributed by atoms with Crippen molar-refractivity contribution in [3.8, 4) is 0 Å². The number of benzene rings is 3. The van der Waals surface area contributed by atoms with Gasteiger partial charge in [0.1, 0.15) is 13.7 Å². The van der Waals surface area contributed by atoms with Gasteiger partial charge in [0.25, 0.3) is 0 Å². The molecule has 3 aromatic carbocycles. The third kappa shape index (κ3) is 7.17. The van der Waals surface area contributed by atoms with Gasteiger partial charge < -0.3 is 25.3 Å². The van der Waals surface area contributed by atoms with Crippen molar-refractivity contribution in [1.82, 2.24) is 5.32 Å². The summed E-state index contributed by atoms with van der Waals surface area (Å²) >= 11 is 0. The van der Waals surface area contributed by atoms with Gasteiger partial charge in [-0.05, 0) is 43.3 Å². The van der Waals surface area contributed by atoms with Gasteiger partial charge >= 0.3 is 6.03 Å². The highest BCUT2D eigenvalue weighted by molar-refractivity contribution is 6.05. The van der Waals surface area contributed by atoms with E-state index >= 15 is 0 Å². The molecule has 0 spiro atoms. The van der Waals surface area contributed by atoms with Crippen molar-refractivity contribution in [2.24, 2.45) is 5.16 Å². The summed E-state index contributed by atoms with van der Waals surface area (Å²) in [4.78, 5) is 46.2. The smallest absolute Gasteiger partial charge is 0.319 e. The maximum absolute atomic E-state index is 13.1. The molecule has 3 aromatic rings. The standard InChI is InChI=1S/C27H29N5O4/c1-20(30-36-3)21-11-10-12-22(17-21)29-27(35)28-18-25(33)32(24-15-8-5-9-16-24)19-26(34)31(2)23-13-6-4-7-14-23/h4-17H,18-19H2,1-3H3,(H2,28,29,35)/b30-20+. The van der Waals surface area contributed by atoms with Crippen molar-refractivity contribution >= 4 is 40.6 Å². The number of urea groups is 1. The van der Waals surface area contributed by atoms with Gasteiger partial charge in [0.05, 0.1) is 12.3 Å². The fraction of sp³-hybridized carbons (Fsp3) is 0.185. The first-order valence-corrected chi connectivity index (χ1v) is 11.3. The molecule has 0 aliphatic rings. The number of rotatable bonds is 9. The highest BCUT2D eigenvalue weighted by Crippen LogP contribution is 2.16. The zero-order valence-corrected chi connectivity index (χ0v) is 20.5. The van der Waals surface area contributed by atoms with Gasteiger partial charge in [0.2, 0.25) is 11.8 Å². The summed E-state index contributed by atoms with van der Waals surface area (Å²) in [6.07, 6.45) is 0. The molecule has 0 radical (unpaired) electrons. The van der Waals surface area contributed by atoms with Crippen LogP contribution in [0.4, 0.5) is 21.9 Å². The lowest BCUT2D eigenvalue weighted by atomic mass is 10.1. The van der Waals surface area contributed by atoms with E-state index in [0.29, 0.717) is 22.8 Å². The zero-order valence-electron chi connectivity index (χ0n) is 20.5. The maximum Gasteiger partial charge on any atom is 0.319 e. The van der Waals surface area contributed by atoms with E-state index in [1.54, 1.807) is 56.4 Å². The van der Waals surface area contributed by atoms with Crippen LogP contribution in [-0.2, 0) is 14.4 Å². The van der Waals surface area contributed by atoms with Crippen LogP contribution in [0.25, 0.3) is 0 Å². The fourth-order valence-corrected chi connectivity index (χ4v) is 3.41. The minimum absolute atomic E-state index is 0.183. The van der Waals surface area contributed by atoms with E-state index in [9.17, 15) is 14.4 Å². The van der Waals surface area contributed by atoms with E-state index in [1.165, 1.54) is 16.9 Å². The van der Waals surface area contributed by atoms with Crippen molar-refractivity contribution in [3.05, 3.63) is 90.5 Å². The second-order valence-electron chi connectivity index (χ2n) is 7.85. The maximum atomic E-state index is 13.1. The lowest BCUT2D eigenvalue weighted by molar-refractivity contribution is -0.121. The van der Waals surface area contributed by atoms with Crippen molar-refractivity contribution in [1.29, 1.82) is 0 Å². The molecule has 9 nitrogen and oxygen atoms in total. The molecule has 0 atom stereocenters. The second-order valence-corrected chi connectivity index (χ2v) is 7.85. The molecule has 2 N–H and O–H groups in total. The van der Waals surface area contributed by atoms with E-state index in [1.807, 2.05) is 42.5 Å². The monoisotopic (exact) mass is 487 g/mol. The lowest BCUT2D eigenvalue weighted by Crippen LogP contribution is -2.46. The van der Waals surface area contributed by atoms with Crippen molar-refractivity contribution < 1.29 is 19.2 Å². The van der Waals surface area contributed by atoms with Crippen LogP contribution in [0, 0.1) is 0 Å². The Morgan fingerprint density at radius 3 is 2.14 bits per heavy atom. The van der Waals surface area contributed by atoms with Gasteiger partial charge in [-0.2, -0.15) is 0 Å². The number of carbonyl (C=O) groups is 3. The van der Waals surface area contributed by atoms with Crippen LogP contribution < -0.4 is 20.4 Å². The van der Waals surface area contributed by atoms with Gasteiger partial charge in [-0.25, -0.2) is 4.79 Å². The number of carbonyl (C=O) groups excluding carboxylic acids is 3. The van der Waals surface area contributed by atoms with E-state index in [2.05, 4.69) is 15.8 Å².